The maximum absolute atomic E-state index is 4.31. The Bertz CT molecular complexity index is 447. The Hall–Kier alpha value is -1.20. The average molecular weight is 236 g/mol. The summed E-state index contributed by atoms with van der Waals surface area (Å²) in [5.41, 5.74) is 5.29. The van der Waals surface area contributed by atoms with Crippen LogP contribution >= 0.6 is 11.3 Å². The average Bonchev–Trinajstić information content (AvgIpc) is 2.84. The summed E-state index contributed by atoms with van der Waals surface area (Å²) >= 11 is 1.63. The predicted octanol–water partition coefficient (Wildman–Crippen LogP) is 2.04. The van der Waals surface area contributed by atoms with E-state index in [1.807, 2.05) is 24.2 Å². The lowest BCUT2D eigenvalue weighted by Crippen LogP contribution is -2.18. The molecule has 2 rings (SSSR count). The van der Waals surface area contributed by atoms with Crippen molar-refractivity contribution in [3.63, 3.8) is 0 Å². The highest BCUT2D eigenvalue weighted by Gasteiger charge is 2.08. The molecule has 86 valence electrons. The zero-order chi connectivity index (χ0) is 11.5. The summed E-state index contributed by atoms with van der Waals surface area (Å²) in [4.78, 5) is 4.29. The second kappa shape index (κ2) is 4.76. The van der Waals surface area contributed by atoms with Crippen molar-refractivity contribution in [1.82, 2.24) is 20.1 Å². The fourth-order valence-corrected chi connectivity index (χ4v) is 2.27. The fraction of sp³-hybridized carbons (Fsp3) is 0.455. The Kier molecular flexibility index (Phi) is 3.36. The smallest absolute Gasteiger partial charge is 0.0795 e. The molecule has 0 saturated heterocycles. The van der Waals surface area contributed by atoms with Crippen molar-refractivity contribution in [3.8, 4) is 0 Å². The van der Waals surface area contributed by atoms with Crippen molar-refractivity contribution in [1.29, 1.82) is 0 Å². The predicted molar refractivity (Wildman–Crippen MR) is 65.3 cm³/mol. The quantitative estimate of drug-likeness (QED) is 0.883. The van der Waals surface area contributed by atoms with Crippen LogP contribution in [0.3, 0.4) is 0 Å². The molecular formula is C11H16N4S. The van der Waals surface area contributed by atoms with Gasteiger partial charge in [-0.25, -0.2) is 4.98 Å². The van der Waals surface area contributed by atoms with Crippen molar-refractivity contribution in [2.24, 2.45) is 7.05 Å². The molecule has 2 aromatic heterocycles. The second-order valence-electron chi connectivity index (χ2n) is 3.93. The number of nitrogens with zero attached hydrogens (tertiary/aromatic N) is 3. The molecule has 1 unspecified atom stereocenters. The molecule has 0 saturated carbocycles. The molecule has 0 amide bonds. The van der Waals surface area contributed by atoms with Gasteiger partial charge in [-0.05, 0) is 13.8 Å². The molecule has 0 spiro atoms. The van der Waals surface area contributed by atoms with Crippen molar-refractivity contribution in [3.05, 3.63) is 34.0 Å². The van der Waals surface area contributed by atoms with Crippen LogP contribution in [0.5, 0.6) is 0 Å². The number of aryl methyl sites for hydroxylation is 2. The van der Waals surface area contributed by atoms with Crippen molar-refractivity contribution in [2.45, 2.75) is 26.4 Å². The number of hydrogen-bond donors (Lipinski definition) is 1. The Labute approximate surface area is 99.3 Å². The number of hydrogen-bond acceptors (Lipinski definition) is 4. The van der Waals surface area contributed by atoms with Crippen LogP contribution in [0.15, 0.2) is 17.1 Å². The van der Waals surface area contributed by atoms with Gasteiger partial charge in [0.1, 0.15) is 0 Å². The molecule has 1 atom stereocenters. The van der Waals surface area contributed by atoms with E-state index in [0.717, 1.165) is 17.9 Å². The van der Waals surface area contributed by atoms with E-state index in [0.29, 0.717) is 0 Å². The molecular weight excluding hydrogens is 220 g/mol. The summed E-state index contributed by atoms with van der Waals surface area (Å²) < 4.78 is 1.85. The SMILES string of the molecule is Cc1nn(C)cc1CNC(C)c1cscn1. The van der Waals surface area contributed by atoms with Gasteiger partial charge in [-0.2, -0.15) is 5.10 Å². The molecule has 0 bridgehead atoms. The zero-order valence-corrected chi connectivity index (χ0v) is 10.6. The number of nitrogens with one attached hydrogen (secondary N) is 1. The fourth-order valence-electron chi connectivity index (χ4n) is 1.63. The molecule has 5 heteroatoms. The molecule has 1 N–H and O–H groups in total. The van der Waals surface area contributed by atoms with E-state index >= 15 is 0 Å². The number of aromatic nitrogens is 3. The third kappa shape index (κ3) is 2.48. The molecule has 16 heavy (non-hydrogen) atoms. The Morgan fingerprint density at radius 1 is 1.56 bits per heavy atom. The molecule has 0 aliphatic carbocycles. The van der Waals surface area contributed by atoms with Crippen LogP contribution < -0.4 is 5.32 Å². The molecule has 4 nitrogen and oxygen atoms in total. The van der Waals surface area contributed by atoms with Gasteiger partial charge < -0.3 is 5.32 Å². The summed E-state index contributed by atoms with van der Waals surface area (Å²) in [5, 5.41) is 9.84. The highest BCUT2D eigenvalue weighted by atomic mass is 32.1. The van der Waals surface area contributed by atoms with Gasteiger partial charge in [0.25, 0.3) is 0 Å². The van der Waals surface area contributed by atoms with Gasteiger partial charge in [0, 0.05) is 36.8 Å². The van der Waals surface area contributed by atoms with Crippen LogP contribution in [0.2, 0.25) is 0 Å². The van der Waals surface area contributed by atoms with Gasteiger partial charge in [0.15, 0.2) is 0 Å². The minimum absolute atomic E-state index is 0.283. The topological polar surface area (TPSA) is 42.7 Å². The zero-order valence-electron chi connectivity index (χ0n) is 9.77. The van der Waals surface area contributed by atoms with Crippen LogP contribution in [0.1, 0.15) is 29.9 Å². The summed E-state index contributed by atoms with van der Waals surface area (Å²) in [7, 11) is 1.94. The highest BCUT2D eigenvalue weighted by Crippen LogP contribution is 2.13. The molecule has 2 aromatic rings. The first-order valence-electron chi connectivity index (χ1n) is 5.27. The van der Waals surface area contributed by atoms with Crippen molar-refractivity contribution < 1.29 is 0 Å². The Morgan fingerprint density at radius 2 is 2.38 bits per heavy atom. The van der Waals surface area contributed by atoms with E-state index in [1.165, 1.54) is 5.56 Å². The van der Waals surface area contributed by atoms with Crippen LogP contribution in [0.4, 0.5) is 0 Å². The van der Waals surface area contributed by atoms with Gasteiger partial charge in [-0.1, -0.05) is 0 Å². The third-order valence-electron chi connectivity index (χ3n) is 2.61. The number of rotatable bonds is 4. The molecule has 0 aliphatic rings. The third-order valence-corrected chi connectivity index (χ3v) is 3.21. The largest absolute Gasteiger partial charge is 0.305 e. The molecule has 0 radical (unpaired) electrons. The lowest BCUT2D eigenvalue weighted by Gasteiger charge is -2.10. The molecule has 2 heterocycles. The first-order chi connectivity index (χ1) is 7.66. The van der Waals surface area contributed by atoms with E-state index in [4.69, 9.17) is 0 Å². The van der Waals surface area contributed by atoms with E-state index in [9.17, 15) is 0 Å². The Morgan fingerprint density at radius 3 is 2.94 bits per heavy atom. The first kappa shape index (κ1) is 11.3. The van der Waals surface area contributed by atoms with Gasteiger partial charge >= 0.3 is 0 Å². The molecule has 0 aromatic carbocycles. The minimum atomic E-state index is 0.283. The van der Waals surface area contributed by atoms with Crippen molar-refractivity contribution >= 4 is 11.3 Å². The summed E-state index contributed by atoms with van der Waals surface area (Å²) in [5.74, 6) is 0. The summed E-state index contributed by atoms with van der Waals surface area (Å²) in [6, 6.07) is 0.283. The molecule has 0 aliphatic heterocycles. The van der Waals surface area contributed by atoms with Crippen molar-refractivity contribution in [2.75, 3.05) is 0 Å². The van der Waals surface area contributed by atoms with Crippen LogP contribution in [-0.4, -0.2) is 14.8 Å². The lowest BCUT2D eigenvalue weighted by atomic mass is 10.2. The van der Waals surface area contributed by atoms with E-state index < -0.39 is 0 Å². The lowest BCUT2D eigenvalue weighted by molar-refractivity contribution is 0.563. The maximum atomic E-state index is 4.31. The van der Waals surface area contributed by atoms with Gasteiger partial charge in [0.05, 0.1) is 16.9 Å². The van der Waals surface area contributed by atoms with E-state index in [1.54, 1.807) is 11.3 Å². The molecule has 0 fully saturated rings. The van der Waals surface area contributed by atoms with Crippen LogP contribution in [0, 0.1) is 6.92 Å². The first-order valence-corrected chi connectivity index (χ1v) is 6.21. The summed E-state index contributed by atoms with van der Waals surface area (Å²) in [6.45, 7) is 4.99. The van der Waals surface area contributed by atoms with Gasteiger partial charge in [-0.15, -0.1) is 11.3 Å². The minimum Gasteiger partial charge on any atom is -0.305 e. The Balaban J connectivity index is 1.95. The normalized spacial score (nSPS) is 12.9. The van der Waals surface area contributed by atoms with Crippen LogP contribution in [-0.2, 0) is 13.6 Å². The highest BCUT2D eigenvalue weighted by molar-refractivity contribution is 7.07. The second-order valence-corrected chi connectivity index (χ2v) is 4.65. The van der Waals surface area contributed by atoms with Gasteiger partial charge in [0.2, 0.25) is 0 Å². The monoisotopic (exact) mass is 236 g/mol. The standard InChI is InChI=1S/C11H16N4S/c1-8-10(5-15(3)14-8)4-12-9(2)11-6-16-7-13-11/h5-7,9,12H,4H2,1-3H3. The summed E-state index contributed by atoms with van der Waals surface area (Å²) in [6.07, 6.45) is 2.05. The maximum Gasteiger partial charge on any atom is 0.0795 e. The van der Waals surface area contributed by atoms with E-state index in [2.05, 4.69) is 33.9 Å². The van der Waals surface area contributed by atoms with Gasteiger partial charge in [-0.3, -0.25) is 4.68 Å². The van der Waals surface area contributed by atoms with Crippen LogP contribution in [0.25, 0.3) is 0 Å². The van der Waals surface area contributed by atoms with E-state index in [-0.39, 0.29) is 6.04 Å². The number of thiazole rings is 1.